The maximum Gasteiger partial charge on any atom is 0.252 e. The number of aryl methyl sites for hydroxylation is 1. The van der Waals surface area contributed by atoms with Gasteiger partial charge in [-0.1, -0.05) is 6.92 Å². The van der Waals surface area contributed by atoms with Crippen molar-refractivity contribution in [2.24, 2.45) is 0 Å². The van der Waals surface area contributed by atoms with Crippen LogP contribution in [0, 0.1) is 6.92 Å². The number of carbonyl (C=O) groups is 1. The van der Waals surface area contributed by atoms with Crippen molar-refractivity contribution in [3.63, 3.8) is 0 Å². The third-order valence-corrected chi connectivity index (χ3v) is 3.73. The lowest BCUT2D eigenvalue weighted by atomic mass is 10.1. The minimum Gasteiger partial charge on any atom is -0.396 e. The topological polar surface area (TPSA) is 80.0 Å². The molecule has 1 atom stereocenters. The third kappa shape index (κ3) is 3.27. The standard InChI is InChI=1S/C16H24N4O2/c1-5-12(6-7-21)19-16(22)13-8-11(4)18-15-14(13)9-17-20(15)10(2)3/h8-10,12,21H,5-7H2,1-4H3,(H,19,22). The van der Waals surface area contributed by atoms with Gasteiger partial charge in [0.1, 0.15) is 0 Å². The summed E-state index contributed by atoms with van der Waals surface area (Å²) in [6.07, 6.45) is 3.04. The molecule has 6 heteroatoms. The first kappa shape index (κ1) is 16.4. The Morgan fingerprint density at radius 1 is 1.45 bits per heavy atom. The van der Waals surface area contributed by atoms with E-state index >= 15 is 0 Å². The predicted molar refractivity (Wildman–Crippen MR) is 85.9 cm³/mol. The maximum absolute atomic E-state index is 12.6. The highest BCUT2D eigenvalue weighted by Crippen LogP contribution is 2.21. The van der Waals surface area contributed by atoms with Crippen LogP contribution < -0.4 is 5.32 Å². The number of aliphatic hydroxyl groups excluding tert-OH is 1. The number of hydrogen-bond donors (Lipinski definition) is 2. The molecule has 2 aromatic heterocycles. The number of hydrogen-bond acceptors (Lipinski definition) is 4. The lowest BCUT2D eigenvalue weighted by molar-refractivity contribution is 0.0930. The molecule has 2 aromatic rings. The van der Waals surface area contributed by atoms with Gasteiger partial charge in [-0.05, 0) is 39.7 Å². The Morgan fingerprint density at radius 2 is 2.18 bits per heavy atom. The normalized spacial score (nSPS) is 12.8. The Morgan fingerprint density at radius 3 is 2.77 bits per heavy atom. The highest BCUT2D eigenvalue weighted by Gasteiger charge is 2.18. The molecule has 0 aliphatic heterocycles. The molecule has 0 spiro atoms. The Hall–Kier alpha value is -1.95. The van der Waals surface area contributed by atoms with Gasteiger partial charge in [-0.2, -0.15) is 5.10 Å². The van der Waals surface area contributed by atoms with E-state index < -0.39 is 0 Å². The molecule has 120 valence electrons. The van der Waals surface area contributed by atoms with Gasteiger partial charge in [0.05, 0.1) is 17.1 Å². The summed E-state index contributed by atoms with van der Waals surface area (Å²) < 4.78 is 1.82. The molecule has 1 unspecified atom stereocenters. The van der Waals surface area contributed by atoms with Crippen LogP contribution in [0.15, 0.2) is 12.3 Å². The molecule has 0 fully saturated rings. The number of aliphatic hydroxyl groups is 1. The zero-order valence-electron chi connectivity index (χ0n) is 13.6. The first-order valence-electron chi connectivity index (χ1n) is 7.74. The molecule has 0 bridgehead atoms. The molecule has 0 aromatic carbocycles. The average Bonchev–Trinajstić information content (AvgIpc) is 2.89. The van der Waals surface area contributed by atoms with E-state index in [2.05, 4.69) is 15.4 Å². The number of carbonyl (C=O) groups excluding carboxylic acids is 1. The van der Waals surface area contributed by atoms with Crippen molar-refractivity contribution < 1.29 is 9.90 Å². The number of amides is 1. The number of rotatable bonds is 6. The molecular formula is C16H24N4O2. The van der Waals surface area contributed by atoms with Crippen molar-refractivity contribution >= 4 is 16.9 Å². The number of pyridine rings is 1. The van der Waals surface area contributed by atoms with Crippen molar-refractivity contribution in [2.45, 2.75) is 52.6 Å². The smallest absolute Gasteiger partial charge is 0.252 e. The fraction of sp³-hybridized carbons (Fsp3) is 0.562. The van der Waals surface area contributed by atoms with Crippen LogP contribution in [0.3, 0.4) is 0 Å². The molecule has 2 heterocycles. The summed E-state index contributed by atoms with van der Waals surface area (Å²) >= 11 is 0. The maximum atomic E-state index is 12.6. The summed E-state index contributed by atoms with van der Waals surface area (Å²) in [7, 11) is 0. The van der Waals surface area contributed by atoms with Gasteiger partial charge in [0, 0.05) is 24.4 Å². The van der Waals surface area contributed by atoms with Gasteiger partial charge in [-0.15, -0.1) is 0 Å². The van der Waals surface area contributed by atoms with Crippen LogP contribution in [-0.4, -0.2) is 38.4 Å². The minimum absolute atomic E-state index is 0.0267. The molecule has 0 aliphatic rings. The van der Waals surface area contributed by atoms with Crippen LogP contribution >= 0.6 is 0 Å². The molecule has 6 nitrogen and oxygen atoms in total. The first-order chi connectivity index (χ1) is 10.5. The lowest BCUT2D eigenvalue weighted by Crippen LogP contribution is -2.35. The molecule has 0 saturated heterocycles. The number of nitrogens with one attached hydrogen (secondary N) is 1. The van der Waals surface area contributed by atoms with Gasteiger partial charge in [0.2, 0.25) is 0 Å². The molecule has 1 amide bonds. The molecule has 22 heavy (non-hydrogen) atoms. The van der Waals surface area contributed by atoms with E-state index in [9.17, 15) is 4.79 Å². The Kier molecular flexibility index (Phi) is 5.13. The largest absolute Gasteiger partial charge is 0.396 e. The second-order valence-corrected chi connectivity index (χ2v) is 5.82. The number of nitrogens with zero attached hydrogens (tertiary/aromatic N) is 3. The second kappa shape index (κ2) is 6.87. The zero-order valence-corrected chi connectivity index (χ0v) is 13.6. The van der Waals surface area contributed by atoms with Crippen LogP contribution in [0.4, 0.5) is 0 Å². The average molecular weight is 304 g/mol. The van der Waals surface area contributed by atoms with Gasteiger partial charge >= 0.3 is 0 Å². The zero-order chi connectivity index (χ0) is 16.3. The van der Waals surface area contributed by atoms with Crippen LogP contribution in [0.1, 0.15) is 55.7 Å². The van der Waals surface area contributed by atoms with E-state index in [0.29, 0.717) is 12.0 Å². The number of aromatic nitrogens is 3. The van der Waals surface area contributed by atoms with Crippen molar-refractivity contribution in [3.8, 4) is 0 Å². The van der Waals surface area contributed by atoms with E-state index in [1.54, 1.807) is 12.3 Å². The minimum atomic E-state index is -0.140. The molecule has 2 rings (SSSR count). The summed E-state index contributed by atoms with van der Waals surface area (Å²) in [6.45, 7) is 7.99. The van der Waals surface area contributed by atoms with Crippen LogP contribution in [-0.2, 0) is 0 Å². The first-order valence-corrected chi connectivity index (χ1v) is 7.74. The predicted octanol–water partition coefficient (Wildman–Crippen LogP) is 2.21. The van der Waals surface area contributed by atoms with Crippen molar-refractivity contribution in [1.82, 2.24) is 20.1 Å². The lowest BCUT2D eigenvalue weighted by Gasteiger charge is -2.16. The van der Waals surface area contributed by atoms with Gasteiger partial charge in [-0.3, -0.25) is 4.79 Å². The van der Waals surface area contributed by atoms with Crippen molar-refractivity contribution in [2.75, 3.05) is 6.61 Å². The van der Waals surface area contributed by atoms with Gasteiger partial charge in [-0.25, -0.2) is 9.67 Å². The van der Waals surface area contributed by atoms with Crippen LogP contribution in [0.5, 0.6) is 0 Å². The monoisotopic (exact) mass is 304 g/mol. The van der Waals surface area contributed by atoms with Crippen molar-refractivity contribution in [3.05, 3.63) is 23.5 Å². The fourth-order valence-electron chi connectivity index (χ4n) is 2.51. The van der Waals surface area contributed by atoms with Gasteiger partial charge in [0.15, 0.2) is 5.65 Å². The van der Waals surface area contributed by atoms with E-state index in [1.807, 2.05) is 32.4 Å². The van der Waals surface area contributed by atoms with E-state index in [0.717, 1.165) is 23.1 Å². The summed E-state index contributed by atoms with van der Waals surface area (Å²) in [6, 6.07) is 1.94. The van der Waals surface area contributed by atoms with Gasteiger partial charge in [0.25, 0.3) is 5.91 Å². The molecular weight excluding hydrogens is 280 g/mol. The molecule has 2 N–H and O–H groups in total. The van der Waals surface area contributed by atoms with Gasteiger partial charge < -0.3 is 10.4 Å². The summed E-state index contributed by atoms with van der Waals surface area (Å²) in [5, 5.41) is 17.1. The fourth-order valence-corrected chi connectivity index (χ4v) is 2.51. The Balaban J connectivity index is 2.40. The van der Waals surface area contributed by atoms with Crippen LogP contribution in [0.2, 0.25) is 0 Å². The van der Waals surface area contributed by atoms with Crippen molar-refractivity contribution in [1.29, 1.82) is 0 Å². The Labute approximate surface area is 130 Å². The highest BCUT2D eigenvalue weighted by atomic mass is 16.3. The number of fused-ring (bicyclic) bond motifs is 1. The second-order valence-electron chi connectivity index (χ2n) is 5.82. The van der Waals surface area contributed by atoms with E-state index in [1.165, 1.54) is 0 Å². The summed E-state index contributed by atoms with van der Waals surface area (Å²) in [5.41, 5.74) is 2.11. The summed E-state index contributed by atoms with van der Waals surface area (Å²) in [5.74, 6) is -0.140. The van der Waals surface area contributed by atoms with E-state index in [4.69, 9.17) is 5.11 Å². The third-order valence-electron chi connectivity index (χ3n) is 3.73. The summed E-state index contributed by atoms with van der Waals surface area (Å²) in [4.78, 5) is 17.1. The quantitative estimate of drug-likeness (QED) is 0.857. The molecule has 0 radical (unpaired) electrons. The van der Waals surface area contributed by atoms with E-state index in [-0.39, 0.29) is 24.6 Å². The molecule has 0 aliphatic carbocycles. The highest BCUT2D eigenvalue weighted by molar-refractivity contribution is 6.05. The Bertz CT molecular complexity index is 663. The van der Waals surface area contributed by atoms with Crippen LogP contribution in [0.25, 0.3) is 11.0 Å². The SMILES string of the molecule is CCC(CCO)NC(=O)c1cc(C)nc2c1cnn2C(C)C. The molecule has 0 saturated carbocycles.